The predicted molar refractivity (Wildman–Crippen MR) is 114 cm³/mol. The Bertz CT molecular complexity index is 1260. The molecule has 0 saturated carbocycles. The van der Waals surface area contributed by atoms with Gasteiger partial charge in [-0.25, -0.2) is 26.4 Å². The maximum absolute atomic E-state index is 12.5. The molecule has 0 atom stereocenters. The van der Waals surface area contributed by atoms with Gasteiger partial charge in [-0.1, -0.05) is 42.0 Å². The first-order chi connectivity index (χ1) is 14.2. The van der Waals surface area contributed by atoms with Crippen LogP contribution in [0.3, 0.4) is 0 Å². The Morgan fingerprint density at radius 2 is 1.33 bits per heavy atom. The van der Waals surface area contributed by atoms with E-state index in [2.05, 4.69) is 10.0 Å². The first-order valence-electron chi connectivity index (χ1n) is 8.74. The third-order valence-electron chi connectivity index (χ3n) is 3.99. The zero-order valence-electron chi connectivity index (χ0n) is 15.9. The van der Waals surface area contributed by atoms with Gasteiger partial charge in [-0.3, -0.25) is 4.72 Å². The molecule has 3 rings (SSSR count). The van der Waals surface area contributed by atoms with Gasteiger partial charge >= 0.3 is 6.03 Å². The second kappa shape index (κ2) is 8.56. The summed E-state index contributed by atoms with van der Waals surface area (Å²) in [5.41, 5.74) is 1.38. The normalized spacial score (nSPS) is 11.5. The largest absolute Gasteiger partial charge is 0.333 e. The van der Waals surface area contributed by atoms with Crippen molar-refractivity contribution in [3.05, 3.63) is 84.4 Å². The van der Waals surface area contributed by atoms with Crippen LogP contribution in [0.4, 0.5) is 16.2 Å². The summed E-state index contributed by atoms with van der Waals surface area (Å²) in [6.07, 6.45) is 0. The molecule has 0 spiro atoms. The number of amides is 2. The van der Waals surface area contributed by atoms with E-state index < -0.39 is 26.1 Å². The van der Waals surface area contributed by atoms with Gasteiger partial charge in [-0.2, -0.15) is 0 Å². The zero-order chi connectivity index (χ0) is 21.8. The van der Waals surface area contributed by atoms with Gasteiger partial charge in [-0.15, -0.1) is 0 Å². The van der Waals surface area contributed by atoms with Crippen LogP contribution in [-0.2, 0) is 20.0 Å². The average molecular weight is 446 g/mol. The smallest absolute Gasteiger partial charge is 0.307 e. The molecule has 0 aliphatic carbocycles. The molecular weight excluding hydrogens is 426 g/mol. The van der Waals surface area contributed by atoms with Gasteiger partial charge in [0.05, 0.1) is 9.79 Å². The SMILES string of the molecule is Cc1ccc(S(=O)(=O)NC(=O)Nc2cccc(S(=O)(=O)Nc3ccccc3)c2)cc1. The zero-order valence-corrected chi connectivity index (χ0v) is 17.5. The van der Waals surface area contributed by atoms with Crippen LogP contribution in [0.5, 0.6) is 0 Å². The summed E-state index contributed by atoms with van der Waals surface area (Å²) in [5.74, 6) is 0. The molecule has 0 fully saturated rings. The van der Waals surface area contributed by atoms with Gasteiger partial charge in [0.1, 0.15) is 0 Å². The lowest BCUT2D eigenvalue weighted by atomic mass is 10.2. The predicted octanol–water partition coefficient (Wildman–Crippen LogP) is 3.31. The van der Waals surface area contributed by atoms with E-state index >= 15 is 0 Å². The number of carbonyl (C=O) groups is 1. The second-order valence-corrected chi connectivity index (χ2v) is 9.74. The Kier molecular flexibility index (Phi) is 6.09. The lowest BCUT2D eigenvalue weighted by Crippen LogP contribution is -2.34. The number of anilines is 2. The van der Waals surface area contributed by atoms with Crippen LogP contribution < -0.4 is 14.8 Å². The minimum atomic E-state index is -4.07. The molecule has 3 aromatic rings. The number of aryl methyl sites for hydroxylation is 1. The summed E-state index contributed by atoms with van der Waals surface area (Å²) in [4.78, 5) is 12.0. The quantitative estimate of drug-likeness (QED) is 0.537. The molecule has 0 radical (unpaired) electrons. The van der Waals surface area contributed by atoms with Crippen molar-refractivity contribution in [2.45, 2.75) is 16.7 Å². The van der Waals surface area contributed by atoms with E-state index in [4.69, 9.17) is 0 Å². The minimum absolute atomic E-state index is 0.0633. The van der Waals surface area contributed by atoms with E-state index in [1.807, 2.05) is 11.6 Å². The molecule has 0 heterocycles. The molecule has 2 amide bonds. The van der Waals surface area contributed by atoms with Crippen LogP contribution in [0.1, 0.15) is 5.56 Å². The van der Waals surface area contributed by atoms with Crippen molar-refractivity contribution in [2.24, 2.45) is 0 Å². The Labute approximate surface area is 175 Å². The standard InChI is InChI=1S/C20H19N3O5S2/c1-15-10-12-18(13-11-15)29(25,26)23-20(24)21-17-8-5-9-19(14-17)30(27,28)22-16-6-3-2-4-7-16/h2-14,22H,1H3,(H2,21,23,24). The van der Waals surface area contributed by atoms with Crippen molar-refractivity contribution < 1.29 is 21.6 Å². The molecule has 0 aromatic heterocycles. The molecule has 0 unspecified atom stereocenters. The summed E-state index contributed by atoms with van der Waals surface area (Å²) in [6.45, 7) is 1.81. The van der Waals surface area contributed by atoms with Crippen LogP contribution in [0.2, 0.25) is 0 Å². The van der Waals surface area contributed by atoms with Gasteiger partial charge < -0.3 is 5.32 Å². The van der Waals surface area contributed by atoms with Crippen molar-refractivity contribution in [3.63, 3.8) is 0 Å². The Morgan fingerprint density at radius 3 is 2.00 bits per heavy atom. The summed E-state index contributed by atoms with van der Waals surface area (Å²) < 4.78 is 54.0. The van der Waals surface area contributed by atoms with Crippen molar-refractivity contribution in [3.8, 4) is 0 Å². The molecule has 30 heavy (non-hydrogen) atoms. The number of para-hydroxylation sites is 1. The number of sulfonamides is 2. The lowest BCUT2D eigenvalue weighted by molar-refractivity contribution is 0.256. The van der Waals surface area contributed by atoms with Crippen molar-refractivity contribution in [2.75, 3.05) is 10.0 Å². The van der Waals surface area contributed by atoms with Crippen LogP contribution in [0.15, 0.2) is 88.7 Å². The number of hydrogen-bond acceptors (Lipinski definition) is 5. The van der Waals surface area contributed by atoms with Crippen LogP contribution >= 0.6 is 0 Å². The Morgan fingerprint density at radius 1 is 0.700 bits per heavy atom. The van der Waals surface area contributed by atoms with Crippen molar-refractivity contribution in [1.29, 1.82) is 0 Å². The summed E-state index contributed by atoms with van der Waals surface area (Å²) >= 11 is 0. The molecule has 0 aliphatic heterocycles. The monoisotopic (exact) mass is 445 g/mol. The number of rotatable bonds is 6. The molecule has 3 N–H and O–H groups in total. The maximum Gasteiger partial charge on any atom is 0.333 e. The Hall–Kier alpha value is -3.37. The highest BCUT2D eigenvalue weighted by molar-refractivity contribution is 7.92. The number of urea groups is 1. The molecular formula is C20H19N3O5S2. The second-order valence-electron chi connectivity index (χ2n) is 6.37. The van der Waals surface area contributed by atoms with E-state index in [1.165, 1.54) is 36.4 Å². The van der Waals surface area contributed by atoms with Crippen LogP contribution in [0, 0.1) is 6.92 Å². The van der Waals surface area contributed by atoms with E-state index in [0.717, 1.165) is 5.56 Å². The van der Waals surface area contributed by atoms with Gasteiger partial charge in [0.15, 0.2) is 0 Å². The maximum atomic E-state index is 12.5. The number of nitrogens with one attached hydrogen (secondary N) is 3. The highest BCUT2D eigenvalue weighted by Crippen LogP contribution is 2.19. The third kappa shape index (κ3) is 5.37. The number of hydrogen-bond donors (Lipinski definition) is 3. The molecule has 0 aliphatic rings. The van der Waals surface area contributed by atoms with Crippen LogP contribution in [0.25, 0.3) is 0 Å². The van der Waals surface area contributed by atoms with Gasteiger partial charge in [0.25, 0.3) is 20.0 Å². The Balaban J connectivity index is 1.73. The van der Waals surface area contributed by atoms with Crippen molar-refractivity contribution in [1.82, 2.24) is 4.72 Å². The summed E-state index contributed by atoms with van der Waals surface area (Å²) in [6, 6.07) is 18.8. The molecule has 0 saturated heterocycles. The fourth-order valence-corrected chi connectivity index (χ4v) is 4.53. The fourth-order valence-electron chi connectivity index (χ4n) is 2.52. The topological polar surface area (TPSA) is 121 Å². The minimum Gasteiger partial charge on any atom is -0.307 e. The molecule has 0 bridgehead atoms. The van der Waals surface area contributed by atoms with Gasteiger partial charge in [-0.05, 0) is 49.4 Å². The van der Waals surface area contributed by atoms with Gasteiger partial charge in [0, 0.05) is 11.4 Å². The van der Waals surface area contributed by atoms with Crippen molar-refractivity contribution >= 4 is 37.5 Å². The van der Waals surface area contributed by atoms with Crippen LogP contribution in [-0.4, -0.2) is 22.9 Å². The average Bonchev–Trinajstić information content (AvgIpc) is 2.68. The van der Waals surface area contributed by atoms with E-state index in [9.17, 15) is 21.6 Å². The highest BCUT2D eigenvalue weighted by Gasteiger charge is 2.19. The van der Waals surface area contributed by atoms with E-state index in [0.29, 0.717) is 5.69 Å². The molecule has 8 nitrogen and oxygen atoms in total. The molecule has 3 aromatic carbocycles. The first kappa shape index (κ1) is 21.3. The van der Waals surface area contributed by atoms with E-state index in [-0.39, 0.29) is 15.5 Å². The number of carbonyl (C=O) groups excluding carboxylic acids is 1. The molecule has 10 heteroatoms. The first-order valence-corrected chi connectivity index (χ1v) is 11.7. The van der Waals surface area contributed by atoms with Gasteiger partial charge in [0.2, 0.25) is 0 Å². The lowest BCUT2D eigenvalue weighted by Gasteiger charge is -2.11. The molecule has 156 valence electrons. The summed E-state index contributed by atoms with van der Waals surface area (Å²) in [5, 5.41) is 2.33. The third-order valence-corrected chi connectivity index (χ3v) is 6.71. The summed E-state index contributed by atoms with van der Waals surface area (Å²) in [7, 11) is -7.96. The highest BCUT2D eigenvalue weighted by atomic mass is 32.2. The fraction of sp³-hybridized carbons (Fsp3) is 0.0500. The number of benzene rings is 3. The van der Waals surface area contributed by atoms with E-state index in [1.54, 1.807) is 42.5 Å².